The molecule has 0 atom stereocenters. The zero-order valence-corrected chi connectivity index (χ0v) is 22.3. The summed E-state index contributed by atoms with van der Waals surface area (Å²) < 4.78 is 5.58. The molecule has 0 amide bonds. The average Bonchev–Trinajstić information content (AvgIpc) is 3.43. The second-order valence-corrected chi connectivity index (χ2v) is 9.69. The van der Waals surface area contributed by atoms with Gasteiger partial charge in [-0.05, 0) is 76.2 Å². The van der Waals surface area contributed by atoms with E-state index in [-0.39, 0.29) is 0 Å². The second kappa shape index (κ2) is 9.33. The lowest BCUT2D eigenvalue weighted by Gasteiger charge is -2.12. The maximum Gasteiger partial charge on any atom is 0.0929 e. The highest BCUT2D eigenvalue weighted by Crippen LogP contribution is 2.33. The predicted octanol–water partition coefficient (Wildman–Crippen LogP) is 8.57. The van der Waals surface area contributed by atoms with Gasteiger partial charge in [-0.25, -0.2) is 0 Å². The first kappa shape index (κ1) is 23.2. The Kier molecular flexibility index (Phi) is 5.85. The van der Waals surface area contributed by atoms with E-state index in [1.165, 1.54) is 0 Å². The molecule has 37 heavy (non-hydrogen) atoms. The number of halogens is 1. The van der Waals surface area contributed by atoms with Crippen LogP contribution >= 0.6 is 22.6 Å². The molecular weight excluding hydrogens is 567 g/mol. The van der Waals surface area contributed by atoms with Crippen LogP contribution in [0.1, 0.15) is 16.8 Å². The molecule has 0 unspecified atom stereocenters. The summed E-state index contributed by atoms with van der Waals surface area (Å²) in [5.74, 6) is 0. The Morgan fingerprint density at radius 1 is 0.595 bits per heavy atom. The number of fused-ring (bicyclic) bond motifs is 2. The minimum Gasteiger partial charge on any atom is -0.309 e. The van der Waals surface area contributed by atoms with Crippen molar-refractivity contribution < 1.29 is 0 Å². The van der Waals surface area contributed by atoms with Crippen LogP contribution in [0.15, 0.2) is 105 Å². The molecule has 4 nitrogen and oxygen atoms in total. The number of pyridine rings is 2. The lowest BCUT2D eigenvalue weighted by Crippen LogP contribution is -1.97. The van der Waals surface area contributed by atoms with Gasteiger partial charge in [0, 0.05) is 58.1 Å². The van der Waals surface area contributed by atoms with Gasteiger partial charge >= 0.3 is 0 Å². The molecule has 0 aliphatic carbocycles. The monoisotopic (exact) mass is 590 g/mol. The van der Waals surface area contributed by atoms with Crippen molar-refractivity contribution in [1.29, 1.82) is 0 Å². The van der Waals surface area contributed by atoms with E-state index in [4.69, 9.17) is 0 Å². The Balaban J connectivity index is 1.38. The van der Waals surface area contributed by atoms with Crippen molar-refractivity contribution in [3.63, 3.8) is 0 Å². The number of rotatable bonds is 6. The van der Waals surface area contributed by atoms with Crippen molar-refractivity contribution in [1.82, 2.24) is 19.1 Å². The summed E-state index contributed by atoms with van der Waals surface area (Å²) in [5, 5.41) is 2.17. The van der Waals surface area contributed by atoms with Crippen molar-refractivity contribution in [2.24, 2.45) is 0 Å². The summed E-state index contributed by atoms with van der Waals surface area (Å²) in [4.78, 5) is 8.62. The smallest absolute Gasteiger partial charge is 0.0929 e. The van der Waals surface area contributed by atoms with Crippen LogP contribution in [-0.2, 0) is 0 Å². The Hall–Kier alpha value is -4.23. The molecule has 0 bridgehead atoms. The molecule has 0 saturated carbocycles. The van der Waals surface area contributed by atoms with E-state index in [0.717, 1.165) is 64.8 Å². The van der Waals surface area contributed by atoms with E-state index < -0.39 is 0 Å². The summed E-state index contributed by atoms with van der Waals surface area (Å²) in [5.41, 5.74) is 9.85. The lowest BCUT2D eigenvalue weighted by molar-refractivity contribution is 1.08. The second-order valence-electron chi connectivity index (χ2n) is 8.67. The fourth-order valence-corrected chi connectivity index (χ4v) is 6.10. The highest BCUT2D eigenvalue weighted by atomic mass is 127. The molecule has 0 radical (unpaired) electrons. The number of benzene rings is 2. The van der Waals surface area contributed by atoms with Crippen LogP contribution in [0.5, 0.6) is 0 Å². The first-order valence-electron chi connectivity index (χ1n) is 11.9. The molecule has 4 heterocycles. The number of aromatic nitrogens is 4. The van der Waals surface area contributed by atoms with E-state index in [1.54, 1.807) is 0 Å². The standard InChI is InChI=1S/C32H23IN4/c1-4-25-27-19-34-17-15-30(27)36(29(25)6-3)23-11-7-21(8-12-23)22-9-13-24(14-10-22)37-31-16-18-35-20-28(31)26(5-2)32(37)33/h4-20H,1-3H2. The largest absolute Gasteiger partial charge is 0.309 e. The van der Waals surface area contributed by atoms with E-state index in [1.807, 2.05) is 55.1 Å². The third-order valence-electron chi connectivity index (χ3n) is 6.78. The van der Waals surface area contributed by atoms with Gasteiger partial charge in [0.25, 0.3) is 0 Å². The molecule has 6 rings (SSSR count). The molecule has 0 fully saturated rings. The van der Waals surface area contributed by atoms with Crippen molar-refractivity contribution in [3.8, 4) is 22.5 Å². The van der Waals surface area contributed by atoms with Crippen molar-refractivity contribution in [2.45, 2.75) is 0 Å². The average molecular weight is 590 g/mol. The Bertz CT molecular complexity index is 1820. The van der Waals surface area contributed by atoms with E-state index in [0.29, 0.717) is 0 Å². The molecule has 0 aliphatic heterocycles. The van der Waals surface area contributed by atoms with Crippen LogP contribution in [0, 0.1) is 3.70 Å². The zero-order valence-electron chi connectivity index (χ0n) is 20.1. The summed E-state index contributed by atoms with van der Waals surface area (Å²) in [6.07, 6.45) is 13.1. The Labute approximate surface area is 229 Å². The van der Waals surface area contributed by atoms with Crippen LogP contribution in [0.4, 0.5) is 0 Å². The van der Waals surface area contributed by atoms with Crippen LogP contribution < -0.4 is 0 Å². The Morgan fingerprint density at radius 2 is 1.08 bits per heavy atom. The topological polar surface area (TPSA) is 35.6 Å². The predicted molar refractivity (Wildman–Crippen MR) is 164 cm³/mol. The van der Waals surface area contributed by atoms with Gasteiger partial charge in [0.05, 0.1) is 20.4 Å². The van der Waals surface area contributed by atoms with Gasteiger partial charge in [-0.15, -0.1) is 0 Å². The molecule has 4 aromatic heterocycles. The van der Waals surface area contributed by atoms with Gasteiger partial charge in [0.2, 0.25) is 0 Å². The normalized spacial score (nSPS) is 11.2. The van der Waals surface area contributed by atoms with Gasteiger partial charge in [0.15, 0.2) is 0 Å². The number of hydrogen-bond acceptors (Lipinski definition) is 2. The first-order chi connectivity index (χ1) is 18.2. The van der Waals surface area contributed by atoms with E-state index >= 15 is 0 Å². The van der Waals surface area contributed by atoms with Crippen LogP contribution in [-0.4, -0.2) is 19.1 Å². The molecule has 2 aromatic carbocycles. The molecule has 178 valence electrons. The van der Waals surface area contributed by atoms with Crippen LogP contribution in [0.25, 0.3) is 62.5 Å². The Morgan fingerprint density at radius 3 is 1.59 bits per heavy atom. The summed E-state index contributed by atoms with van der Waals surface area (Å²) in [6, 6.07) is 21.4. The molecule has 0 aliphatic rings. The molecule has 0 N–H and O–H groups in total. The molecule has 5 heteroatoms. The molecule has 0 saturated heterocycles. The third-order valence-corrected chi connectivity index (χ3v) is 7.84. The van der Waals surface area contributed by atoms with E-state index in [2.05, 4.69) is 110 Å². The van der Waals surface area contributed by atoms with Gasteiger partial charge in [0.1, 0.15) is 0 Å². The lowest BCUT2D eigenvalue weighted by atomic mass is 10.0. The van der Waals surface area contributed by atoms with Crippen molar-refractivity contribution in [3.05, 3.63) is 126 Å². The van der Waals surface area contributed by atoms with Crippen LogP contribution in [0.2, 0.25) is 0 Å². The molecular formula is C32H23IN4. The minimum absolute atomic E-state index is 1.01. The molecule has 0 spiro atoms. The van der Waals surface area contributed by atoms with Gasteiger partial charge in [-0.2, -0.15) is 0 Å². The summed E-state index contributed by atoms with van der Waals surface area (Å²) in [7, 11) is 0. The minimum atomic E-state index is 1.01. The van der Waals surface area contributed by atoms with Gasteiger partial charge in [-0.1, -0.05) is 56.2 Å². The fourth-order valence-electron chi connectivity index (χ4n) is 5.05. The van der Waals surface area contributed by atoms with Crippen LogP contribution in [0.3, 0.4) is 0 Å². The van der Waals surface area contributed by atoms with Crippen molar-refractivity contribution in [2.75, 3.05) is 0 Å². The molecule has 6 aromatic rings. The number of hydrogen-bond donors (Lipinski definition) is 0. The van der Waals surface area contributed by atoms with Gasteiger partial charge in [-0.3, -0.25) is 9.97 Å². The maximum atomic E-state index is 4.31. The highest BCUT2D eigenvalue weighted by molar-refractivity contribution is 14.1. The summed E-state index contributed by atoms with van der Waals surface area (Å²) >= 11 is 2.39. The maximum absolute atomic E-state index is 4.31. The quantitative estimate of drug-likeness (QED) is 0.182. The van der Waals surface area contributed by atoms with E-state index in [9.17, 15) is 0 Å². The summed E-state index contributed by atoms with van der Waals surface area (Å²) in [6.45, 7) is 12.1. The highest BCUT2D eigenvalue weighted by Gasteiger charge is 2.16. The SMILES string of the molecule is C=Cc1c(I)n(-c2ccc(-c3ccc(-n4c(C=C)c(C=C)c5cnccc54)cc3)cc2)c2ccncc12. The zero-order chi connectivity index (χ0) is 25.5. The number of nitrogens with zero attached hydrogens (tertiary/aromatic N) is 4. The third kappa shape index (κ3) is 3.65. The van der Waals surface area contributed by atoms with Crippen molar-refractivity contribution >= 4 is 62.6 Å². The fraction of sp³-hybridized carbons (Fsp3) is 0. The first-order valence-corrected chi connectivity index (χ1v) is 12.9. The van der Waals surface area contributed by atoms with Gasteiger partial charge < -0.3 is 9.13 Å².